The summed E-state index contributed by atoms with van der Waals surface area (Å²) in [5, 5.41) is 33.8. The van der Waals surface area contributed by atoms with Gasteiger partial charge in [0.1, 0.15) is 39.7 Å². The van der Waals surface area contributed by atoms with Crippen LogP contribution in [0.2, 0.25) is 0 Å². The molecular formula is C26H25NO7. The van der Waals surface area contributed by atoms with Gasteiger partial charge in [0.05, 0.1) is 11.1 Å². The molecule has 0 fully saturated rings. The number of Topliss-reactive ketones (excluding diaryl/α,β-unsaturated/α-hetero) is 2. The first kappa shape index (κ1) is 23.1. The van der Waals surface area contributed by atoms with E-state index in [0.29, 0.717) is 18.7 Å². The molecule has 0 aromatic heterocycles. The fourth-order valence-corrected chi connectivity index (χ4v) is 4.51. The standard InChI is InChI=1S/C26H25NO7/c1-12-22(31)20(14(3)28)24-21(23(12)32)26(4)18(34-24)11-17(30)19(25(26)33)13(2)27-10-9-15-5-7-16(29)8-6-15/h5-8,11,27,29,31-32H,9-10H2,1-4H3. The number of hydrogen-bond donors (Lipinski definition) is 4. The summed E-state index contributed by atoms with van der Waals surface area (Å²) in [7, 11) is 0. The Hall–Kier alpha value is -4.07. The summed E-state index contributed by atoms with van der Waals surface area (Å²) >= 11 is 0. The molecule has 0 spiro atoms. The van der Waals surface area contributed by atoms with Crippen molar-refractivity contribution in [2.24, 2.45) is 0 Å². The van der Waals surface area contributed by atoms with Crippen molar-refractivity contribution in [3.05, 3.63) is 69.6 Å². The maximum Gasteiger partial charge on any atom is 0.194 e. The van der Waals surface area contributed by atoms with Gasteiger partial charge in [0.25, 0.3) is 0 Å². The molecule has 2 aromatic rings. The summed E-state index contributed by atoms with van der Waals surface area (Å²) in [6, 6.07) is 6.74. The van der Waals surface area contributed by atoms with Crippen LogP contribution in [-0.4, -0.2) is 39.2 Å². The van der Waals surface area contributed by atoms with E-state index in [1.807, 2.05) is 0 Å². The normalized spacial score (nSPS) is 20.3. The van der Waals surface area contributed by atoms with Crippen LogP contribution < -0.4 is 10.1 Å². The summed E-state index contributed by atoms with van der Waals surface area (Å²) < 4.78 is 5.76. The third kappa shape index (κ3) is 3.34. The molecule has 1 atom stereocenters. The molecule has 8 heteroatoms. The third-order valence-electron chi connectivity index (χ3n) is 6.50. The second-order valence-electron chi connectivity index (χ2n) is 8.73. The van der Waals surface area contributed by atoms with E-state index in [-0.39, 0.29) is 45.3 Å². The minimum Gasteiger partial charge on any atom is -0.508 e. The molecule has 0 bridgehead atoms. The van der Waals surface area contributed by atoms with E-state index in [9.17, 15) is 29.7 Å². The van der Waals surface area contributed by atoms with E-state index >= 15 is 0 Å². The number of aromatic hydroxyl groups is 3. The van der Waals surface area contributed by atoms with Crippen LogP contribution in [0.15, 0.2) is 47.4 Å². The molecule has 0 saturated carbocycles. The minimum absolute atomic E-state index is 0.000873. The van der Waals surface area contributed by atoms with Gasteiger partial charge in [0, 0.05) is 23.9 Å². The number of hydrogen-bond acceptors (Lipinski definition) is 8. The fourth-order valence-electron chi connectivity index (χ4n) is 4.51. The number of ether oxygens (including phenoxy) is 1. The Morgan fingerprint density at radius 1 is 1.06 bits per heavy atom. The lowest BCUT2D eigenvalue weighted by Crippen LogP contribution is -2.41. The van der Waals surface area contributed by atoms with Crippen molar-refractivity contribution in [1.29, 1.82) is 0 Å². The second-order valence-corrected chi connectivity index (χ2v) is 8.73. The molecule has 1 aliphatic heterocycles. The molecule has 0 radical (unpaired) electrons. The second kappa shape index (κ2) is 8.06. The fraction of sp³-hybridized carbons (Fsp3) is 0.269. The van der Waals surface area contributed by atoms with Crippen molar-refractivity contribution in [2.75, 3.05) is 6.54 Å². The van der Waals surface area contributed by atoms with Crippen LogP contribution in [0.4, 0.5) is 0 Å². The van der Waals surface area contributed by atoms with E-state index in [2.05, 4.69) is 5.32 Å². The molecule has 1 unspecified atom stereocenters. The number of carbonyl (C=O) groups excluding carboxylic acids is 3. The summed E-state index contributed by atoms with van der Waals surface area (Å²) in [5.74, 6) is -2.34. The number of ketones is 3. The highest BCUT2D eigenvalue weighted by atomic mass is 16.5. The molecule has 2 aliphatic rings. The molecule has 1 heterocycles. The zero-order valence-corrected chi connectivity index (χ0v) is 19.3. The summed E-state index contributed by atoms with van der Waals surface area (Å²) in [6.45, 7) is 6.28. The molecule has 4 N–H and O–H groups in total. The van der Waals surface area contributed by atoms with Crippen molar-refractivity contribution in [1.82, 2.24) is 5.32 Å². The highest BCUT2D eigenvalue weighted by molar-refractivity contribution is 6.31. The molecule has 0 saturated heterocycles. The van der Waals surface area contributed by atoms with E-state index in [0.717, 1.165) is 5.56 Å². The number of carbonyl (C=O) groups is 3. The van der Waals surface area contributed by atoms with Crippen molar-refractivity contribution < 1.29 is 34.4 Å². The zero-order chi connectivity index (χ0) is 24.9. The van der Waals surface area contributed by atoms with Crippen LogP contribution in [0.1, 0.15) is 47.8 Å². The smallest absolute Gasteiger partial charge is 0.194 e. The number of benzene rings is 2. The van der Waals surface area contributed by atoms with Crippen molar-refractivity contribution in [3.63, 3.8) is 0 Å². The van der Waals surface area contributed by atoms with Gasteiger partial charge in [-0.05, 0) is 51.8 Å². The maximum atomic E-state index is 13.7. The quantitative estimate of drug-likeness (QED) is 0.302. The van der Waals surface area contributed by atoms with Crippen LogP contribution in [0.3, 0.4) is 0 Å². The average Bonchev–Trinajstić information content (AvgIpc) is 3.06. The van der Waals surface area contributed by atoms with Crippen LogP contribution >= 0.6 is 0 Å². The SMILES string of the molecule is CC(=O)c1c(O)c(C)c(O)c2c1OC1=CC(=O)C(=C(C)NCCc3ccc(O)cc3)C(=O)C12C. The highest BCUT2D eigenvalue weighted by Crippen LogP contribution is 2.57. The van der Waals surface area contributed by atoms with Crippen LogP contribution in [-0.2, 0) is 21.4 Å². The molecule has 8 nitrogen and oxygen atoms in total. The van der Waals surface area contributed by atoms with E-state index in [4.69, 9.17) is 4.74 Å². The van der Waals surface area contributed by atoms with Gasteiger partial charge < -0.3 is 25.4 Å². The van der Waals surface area contributed by atoms with Crippen molar-refractivity contribution >= 4 is 17.3 Å². The first-order valence-electron chi connectivity index (χ1n) is 10.8. The summed E-state index contributed by atoms with van der Waals surface area (Å²) in [4.78, 5) is 38.9. The van der Waals surface area contributed by atoms with Crippen molar-refractivity contribution in [2.45, 2.75) is 39.5 Å². The van der Waals surface area contributed by atoms with Gasteiger partial charge in [-0.1, -0.05) is 12.1 Å². The third-order valence-corrected chi connectivity index (χ3v) is 6.50. The monoisotopic (exact) mass is 463 g/mol. The average molecular weight is 463 g/mol. The van der Waals surface area contributed by atoms with Gasteiger partial charge in [-0.3, -0.25) is 14.4 Å². The van der Waals surface area contributed by atoms with Crippen LogP contribution in [0.25, 0.3) is 0 Å². The van der Waals surface area contributed by atoms with Crippen molar-refractivity contribution in [3.8, 4) is 23.0 Å². The minimum atomic E-state index is -1.54. The van der Waals surface area contributed by atoms with Gasteiger partial charge in [-0.15, -0.1) is 0 Å². The lowest BCUT2D eigenvalue weighted by Gasteiger charge is -2.29. The number of nitrogens with one attached hydrogen (secondary N) is 1. The zero-order valence-electron chi connectivity index (χ0n) is 19.3. The van der Waals surface area contributed by atoms with Gasteiger partial charge in [-0.25, -0.2) is 0 Å². The topological polar surface area (TPSA) is 133 Å². The van der Waals surface area contributed by atoms with E-state index in [1.165, 1.54) is 26.8 Å². The highest BCUT2D eigenvalue weighted by Gasteiger charge is 2.56. The van der Waals surface area contributed by atoms with Crippen LogP contribution in [0, 0.1) is 6.92 Å². The molecular weight excluding hydrogens is 438 g/mol. The van der Waals surface area contributed by atoms with E-state index < -0.39 is 28.5 Å². The van der Waals surface area contributed by atoms with Gasteiger partial charge in [0.15, 0.2) is 17.3 Å². The first-order chi connectivity index (χ1) is 16.0. The van der Waals surface area contributed by atoms with Gasteiger partial charge >= 0.3 is 0 Å². The Balaban J connectivity index is 1.73. The Labute approximate surface area is 196 Å². The Bertz CT molecular complexity index is 1320. The maximum absolute atomic E-state index is 13.7. The molecule has 176 valence electrons. The Kier molecular flexibility index (Phi) is 5.47. The Morgan fingerprint density at radius 2 is 1.71 bits per heavy atom. The first-order valence-corrected chi connectivity index (χ1v) is 10.8. The largest absolute Gasteiger partial charge is 0.508 e. The molecule has 1 aliphatic carbocycles. The number of phenolic OH excluding ortho intramolecular Hbond substituents is 3. The van der Waals surface area contributed by atoms with Gasteiger partial charge in [-0.2, -0.15) is 0 Å². The molecule has 2 aromatic carbocycles. The number of allylic oxidation sites excluding steroid dienone is 4. The lowest BCUT2D eigenvalue weighted by molar-refractivity contribution is -0.123. The predicted octanol–water partition coefficient (Wildman–Crippen LogP) is 3.11. The predicted molar refractivity (Wildman–Crippen MR) is 123 cm³/mol. The Morgan fingerprint density at radius 3 is 2.32 bits per heavy atom. The molecule has 4 rings (SSSR count). The number of phenols is 3. The van der Waals surface area contributed by atoms with Crippen LogP contribution in [0.5, 0.6) is 23.0 Å². The number of fused-ring (bicyclic) bond motifs is 3. The van der Waals surface area contributed by atoms with Gasteiger partial charge in [0.2, 0.25) is 0 Å². The molecule has 0 amide bonds. The molecule has 34 heavy (non-hydrogen) atoms. The van der Waals surface area contributed by atoms with E-state index in [1.54, 1.807) is 31.2 Å². The number of rotatable bonds is 5. The lowest BCUT2D eigenvalue weighted by atomic mass is 9.70. The summed E-state index contributed by atoms with van der Waals surface area (Å²) in [6.07, 6.45) is 1.79. The summed E-state index contributed by atoms with van der Waals surface area (Å²) in [5.41, 5.74) is -0.292.